The molecule has 2 heterocycles. The first kappa shape index (κ1) is 16.0. The number of benzene rings is 1. The van der Waals surface area contributed by atoms with Gasteiger partial charge >= 0.3 is 0 Å². The minimum Gasteiger partial charge on any atom is -0.492 e. The molecule has 0 saturated carbocycles. The number of hydrogen-bond donors (Lipinski definition) is 1. The lowest BCUT2D eigenvalue weighted by molar-refractivity contribution is -0.126. The molecule has 1 aliphatic heterocycles. The highest BCUT2D eigenvalue weighted by atomic mass is 32.1. The molecule has 0 saturated heterocycles. The van der Waals surface area contributed by atoms with Crippen LogP contribution < -0.4 is 10.1 Å². The van der Waals surface area contributed by atoms with Gasteiger partial charge in [-0.05, 0) is 18.1 Å². The summed E-state index contributed by atoms with van der Waals surface area (Å²) >= 11 is 1.69. The smallest absolute Gasteiger partial charge is 0.226 e. The Labute approximate surface area is 140 Å². The minimum absolute atomic E-state index is 0.0683. The van der Waals surface area contributed by atoms with Crippen molar-refractivity contribution in [3.05, 3.63) is 45.9 Å². The van der Waals surface area contributed by atoms with Crippen molar-refractivity contribution in [1.82, 2.24) is 10.3 Å². The average molecular weight is 330 g/mol. The summed E-state index contributed by atoms with van der Waals surface area (Å²) in [5.41, 5.74) is 2.17. The Morgan fingerprint density at radius 2 is 2.26 bits per heavy atom. The van der Waals surface area contributed by atoms with Crippen LogP contribution >= 0.6 is 11.3 Å². The van der Waals surface area contributed by atoms with E-state index in [-0.39, 0.29) is 11.8 Å². The van der Waals surface area contributed by atoms with Gasteiger partial charge in [0.1, 0.15) is 12.4 Å². The van der Waals surface area contributed by atoms with Crippen molar-refractivity contribution in [3.63, 3.8) is 0 Å². The number of fused-ring (bicyclic) bond motifs is 1. The van der Waals surface area contributed by atoms with E-state index in [4.69, 9.17) is 4.74 Å². The van der Waals surface area contributed by atoms with Gasteiger partial charge in [0.05, 0.1) is 16.6 Å². The summed E-state index contributed by atoms with van der Waals surface area (Å²) in [6.07, 6.45) is 1.52. The van der Waals surface area contributed by atoms with Crippen LogP contribution in [0.15, 0.2) is 29.6 Å². The predicted molar refractivity (Wildman–Crippen MR) is 92.0 cm³/mol. The maximum atomic E-state index is 12.3. The second kappa shape index (κ2) is 7.13. The van der Waals surface area contributed by atoms with Crippen LogP contribution in [0.2, 0.25) is 0 Å². The highest BCUT2D eigenvalue weighted by molar-refractivity contribution is 7.09. The normalized spacial score (nSPS) is 16.7. The fourth-order valence-corrected chi connectivity index (χ4v) is 3.53. The van der Waals surface area contributed by atoms with Crippen molar-refractivity contribution in [3.8, 4) is 5.75 Å². The molecule has 2 aromatic rings. The SMILES string of the molecule is CC(C)c1nc(CCNC(=O)[C@H]2COc3ccccc3C2)cs1. The van der Waals surface area contributed by atoms with Gasteiger partial charge in [0.25, 0.3) is 0 Å². The molecule has 1 aromatic carbocycles. The molecule has 1 aromatic heterocycles. The largest absolute Gasteiger partial charge is 0.492 e. The zero-order valence-corrected chi connectivity index (χ0v) is 14.4. The molecule has 3 rings (SSSR count). The van der Waals surface area contributed by atoms with Crippen LogP contribution in [-0.4, -0.2) is 24.0 Å². The Morgan fingerprint density at radius 3 is 3.04 bits per heavy atom. The number of thiazole rings is 1. The van der Waals surface area contributed by atoms with E-state index in [1.54, 1.807) is 11.3 Å². The van der Waals surface area contributed by atoms with Gasteiger partial charge in [-0.15, -0.1) is 11.3 Å². The molecule has 5 heteroatoms. The molecule has 4 nitrogen and oxygen atoms in total. The molecule has 0 fully saturated rings. The van der Waals surface area contributed by atoms with E-state index in [0.717, 1.165) is 34.9 Å². The van der Waals surface area contributed by atoms with Gasteiger partial charge in [-0.3, -0.25) is 4.79 Å². The highest BCUT2D eigenvalue weighted by Gasteiger charge is 2.25. The molecule has 0 unspecified atom stereocenters. The summed E-state index contributed by atoms with van der Waals surface area (Å²) in [5, 5.41) is 6.26. The fraction of sp³-hybridized carbons (Fsp3) is 0.444. The topological polar surface area (TPSA) is 51.2 Å². The summed E-state index contributed by atoms with van der Waals surface area (Å²) in [6, 6.07) is 7.92. The second-order valence-corrected chi connectivity index (χ2v) is 7.08. The van der Waals surface area contributed by atoms with E-state index >= 15 is 0 Å². The molecule has 0 spiro atoms. The van der Waals surface area contributed by atoms with Gasteiger partial charge in [-0.2, -0.15) is 0 Å². The van der Waals surface area contributed by atoms with Gasteiger partial charge in [-0.1, -0.05) is 32.0 Å². The van der Waals surface area contributed by atoms with E-state index < -0.39 is 0 Å². The summed E-state index contributed by atoms with van der Waals surface area (Å²) in [4.78, 5) is 16.9. The summed E-state index contributed by atoms with van der Waals surface area (Å²) in [5.74, 6) is 1.33. The lowest BCUT2D eigenvalue weighted by atomic mass is 9.96. The Kier molecular flexibility index (Phi) is 4.96. The summed E-state index contributed by atoms with van der Waals surface area (Å²) in [6.45, 7) is 5.37. The Hall–Kier alpha value is -1.88. The number of rotatable bonds is 5. The van der Waals surface area contributed by atoms with Crippen LogP contribution in [0, 0.1) is 5.92 Å². The number of carbonyl (C=O) groups is 1. The number of hydrogen-bond acceptors (Lipinski definition) is 4. The number of carbonyl (C=O) groups excluding carboxylic acids is 1. The summed E-state index contributed by atoms with van der Waals surface area (Å²) in [7, 11) is 0. The third kappa shape index (κ3) is 3.91. The van der Waals surface area contributed by atoms with Crippen molar-refractivity contribution in [2.45, 2.75) is 32.6 Å². The molecular formula is C18H22N2O2S. The first-order valence-electron chi connectivity index (χ1n) is 8.06. The van der Waals surface area contributed by atoms with E-state index in [2.05, 4.69) is 29.5 Å². The lowest BCUT2D eigenvalue weighted by Crippen LogP contribution is -2.38. The third-order valence-electron chi connectivity index (χ3n) is 3.99. The first-order valence-corrected chi connectivity index (χ1v) is 8.94. The lowest BCUT2D eigenvalue weighted by Gasteiger charge is -2.24. The molecule has 1 amide bonds. The van der Waals surface area contributed by atoms with Crippen molar-refractivity contribution in [2.75, 3.05) is 13.2 Å². The zero-order chi connectivity index (χ0) is 16.2. The van der Waals surface area contributed by atoms with E-state index in [9.17, 15) is 4.79 Å². The standard InChI is InChI=1S/C18H22N2O2S/c1-12(2)18-20-15(11-23-18)7-8-19-17(21)14-9-13-5-3-4-6-16(13)22-10-14/h3-6,11-12,14H,7-10H2,1-2H3,(H,19,21)/t14-/m1/s1. The van der Waals surface area contributed by atoms with Crippen molar-refractivity contribution in [1.29, 1.82) is 0 Å². The Balaban J connectivity index is 1.48. The van der Waals surface area contributed by atoms with Crippen LogP contribution in [-0.2, 0) is 17.6 Å². The number of amides is 1. The number of aromatic nitrogens is 1. The second-order valence-electron chi connectivity index (χ2n) is 6.19. The van der Waals surface area contributed by atoms with Crippen molar-refractivity contribution in [2.24, 2.45) is 5.92 Å². The van der Waals surface area contributed by atoms with Gasteiger partial charge in [-0.25, -0.2) is 4.98 Å². The molecule has 0 bridgehead atoms. The third-order valence-corrected chi connectivity index (χ3v) is 5.19. The predicted octanol–water partition coefficient (Wildman–Crippen LogP) is 3.18. The molecular weight excluding hydrogens is 308 g/mol. The van der Waals surface area contributed by atoms with E-state index in [1.165, 1.54) is 0 Å². The van der Waals surface area contributed by atoms with Gasteiger partial charge in [0.15, 0.2) is 0 Å². The Bertz CT molecular complexity index is 681. The monoisotopic (exact) mass is 330 g/mol. The van der Waals surface area contributed by atoms with Crippen molar-refractivity contribution < 1.29 is 9.53 Å². The Morgan fingerprint density at radius 1 is 1.43 bits per heavy atom. The molecule has 122 valence electrons. The number of ether oxygens (including phenoxy) is 1. The van der Waals surface area contributed by atoms with E-state index in [1.807, 2.05) is 24.3 Å². The van der Waals surface area contributed by atoms with Crippen LogP contribution in [0.4, 0.5) is 0 Å². The average Bonchev–Trinajstić information content (AvgIpc) is 3.03. The molecule has 1 atom stereocenters. The van der Waals surface area contributed by atoms with Crippen LogP contribution in [0.3, 0.4) is 0 Å². The highest BCUT2D eigenvalue weighted by Crippen LogP contribution is 2.26. The van der Waals surface area contributed by atoms with E-state index in [0.29, 0.717) is 19.1 Å². The zero-order valence-electron chi connectivity index (χ0n) is 13.5. The van der Waals surface area contributed by atoms with Gasteiger partial charge in [0.2, 0.25) is 5.91 Å². The van der Waals surface area contributed by atoms with Gasteiger partial charge in [0, 0.05) is 24.3 Å². The molecule has 1 aliphatic rings. The van der Waals surface area contributed by atoms with Crippen LogP contribution in [0.1, 0.15) is 36.0 Å². The number of nitrogens with one attached hydrogen (secondary N) is 1. The number of para-hydroxylation sites is 1. The van der Waals surface area contributed by atoms with Gasteiger partial charge < -0.3 is 10.1 Å². The molecule has 0 aliphatic carbocycles. The molecule has 1 N–H and O–H groups in total. The van der Waals surface area contributed by atoms with Crippen LogP contribution in [0.25, 0.3) is 0 Å². The molecule has 0 radical (unpaired) electrons. The van der Waals surface area contributed by atoms with Crippen molar-refractivity contribution >= 4 is 17.2 Å². The van der Waals surface area contributed by atoms with Crippen LogP contribution in [0.5, 0.6) is 5.75 Å². The maximum Gasteiger partial charge on any atom is 0.226 e. The first-order chi connectivity index (χ1) is 11.1. The molecule has 23 heavy (non-hydrogen) atoms. The fourth-order valence-electron chi connectivity index (χ4n) is 2.66. The summed E-state index contributed by atoms with van der Waals surface area (Å²) < 4.78 is 5.68. The minimum atomic E-state index is -0.105. The quantitative estimate of drug-likeness (QED) is 0.916. The maximum absolute atomic E-state index is 12.3. The number of nitrogens with zero attached hydrogens (tertiary/aromatic N) is 1.